The van der Waals surface area contributed by atoms with Crippen molar-refractivity contribution in [3.8, 4) is 11.5 Å². The van der Waals surface area contributed by atoms with Crippen LogP contribution in [0.4, 0.5) is 14.7 Å². The van der Waals surface area contributed by atoms with Crippen molar-refractivity contribution in [1.82, 2.24) is 30.2 Å². The number of benzene rings is 3. The Morgan fingerprint density at radius 2 is 1.73 bits per heavy atom. The molecule has 0 saturated carbocycles. The Labute approximate surface area is 225 Å². The van der Waals surface area contributed by atoms with Gasteiger partial charge in [0.25, 0.3) is 5.91 Å². The number of aromatic nitrogens is 5. The summed E-state index contributed by atoms with van der Waals surface area (Å²) < 4.78 is 28.0. The van der Waals surface area contributed by atoms with E-state index in [1.165, 1.54) is 12.4 Å². The molecule has 0 aliphatic rings. The highest BCUT2D eigenvalue weighted by molar-refractivity contribution is 6.06. The van der Waals surface area contributed by atoms with Crippen molar-refractivity contribution in [3.63, 3.8) is 0 Å². The zero-order valence-corrected chi connectivity index (χ0v) is 20.8. The zero-order chi connectivity index (χ0) is 27.6. The lowest BCUT2D eigenvalue weighted by atomic mass is 9.97. The molecule has 40 heavy (non-hydrogen) atoms. The number of H-pyrrole nitrogens is 2. The van der Waals surface area contributed by atoms with Crippen LogP contribution >= 0.6 is 0 Å². The molecule has 198 valence electrons. The maximum absolute atomic E-state index is 14.0. The van der Waals surface area contributed by atoms with Crippen LogP contribution in [0.1, 0.15) is 21.8 Å². The molecule has 0 spiro atoms. The molecular formula is C29H21F2N7O2. The van der Waals surface area contributed by atoms with Crippen molar-refractivity contribution >= 4 is 39.6 Å². The first-order chi connectivity index (χ1) is 19.4. The smallest absolute Gasteiger partial charge is 0.253 e. The van der Waals surface area contributed by atoms with E-state index in [0.717, 1.165) is 22.9 Å². The number of hydrogen-bond acceptors (Lipinski definition) is 5. The van der Waals surface area contributed by atoms with E-state index in [2.05, 4.69) is 35.6 Å². The molecule has 1 atom stereocenters. The molecule has 0 fully saturated rings. The molecule has 6 aromatic rings. The summed E-state index contributed by atoms with van der Waals surface area (Å²) in [6.45, 7) is -0.242. The van der Waals surface area contributed by atoms with Gasteiger partial charge in [-0.05, 0) is 41.3 Å². The monoisotopic (exact) mass is 537 g/mol. The minimum absolute atomic E-state index is 0.0597. The van der Waals surface area contributed by atoms with Crippen LogP contribution in [0.5, 0.6) is 0 Å². The van der Waals surface area contributed by atoms with Crippen molar-refractivity contribution < 1.29 is 18.4 Å². The van der Waals surface area contributed by atoms with Crippen LogP contribution in [0.3, 0.4) is 0 Å². The van der Waals surface area contributed by atoms with Gasteiger partial charge < -0.3 is 15.3 Å². The lowest BCUT2D eigenvalue weighted by molar-refractivity contribution is -0.117. The van der Waals surface area contributed by atoms with Crippen molar-refractivity contribution in [3.05, 3.63) is 108 Å². The van der Waals surface area contributed by atoms with Gasteiger partial charge in [-0.3, -0.25) is 19.9 Å². The Morgan fingerprint density at radius 1 is 0.925 bits per heavy atom. The van der Waals surface area contributed by atoms with Gasteiger partial charge in [0.05, 0.1) is 17.0 Å². The number of halogens is 2. The molecule has 0 radical (unpaired) electrons. The molecule has 0 saturated heterocycles. The van der Waals surface area contributed by atoms with Crippen molar-refractivity contribution in [2.24, 2.45) is 0 Å². The normalized spacial score (nSPS) is 11.9. The summed E-state index contributed by atoms with van der Waals surface area (Å²) >= 11 is 0. The maximum Gasteiger partial charge on any atom is 0.253 e. The minimum atomic E-state index is -1.12. The topological polar surface area (TPSA) is 128 Å². The highest BCUT2D eigenvalue weighted by atomic mass is 19.1. The van der Waals surface area contributed by atoms with Crippen LogP contribution < -0.4 is 10.6 Å². The molecule has 1 unspecified atom stereocenters. The van der Waals surface area contributed by atoms with E-state index in [-0.39, 0.29) is 23.6 Å². The number of nitrogens with zero attached hydrogens (tertiary/aromatic N) is 3. The summed E-state index contributed by atoms with van der Waals surface area (Å²) in [5, 5.41) is 7.27. The van der Waals surface area contributed by atoms with E-state index in [1.54, 1.807) is 24.4 Å². The van der Waals surface area contributed by atoms with Crippen LogP contribution in [0.2, 0.25) is 0 Å². The average Bonchev–Trinajstić information content (AvgIpc) is 3.62. The number of fused-ring (bicyclic) bond motifs is 2. The van der Waals surface area contributed by atoms with Gasteiger partial charge in [0.1, 0.15) is 22.8 Å². The Morgan fingerprint density at radius 3 is 2.50 bits per heavy atom. The minimum Gasteiger partial charge on any atom is -0.351 e. The quantitative estimate of drug-likeness (QED) is 0.230. The molecule has 0 bridgehead atoms. The molecule has 3 aromatic carbocycles. The number of amides is 2. The summed E-state index contributed by atoms with van der Waals surface area (Å²) in [6.07, 6.45) is 4.72. The number of anilines is 1. The second-order valence-corrected chi connectivity index (χ2v) is 9.10. The van der Waals surface area contributed by atoms with Gasteiger partial charge in [-0.2, -0.15) is 0 Å². The molecule has 6 rings (SSSR count). The largest absolute Gasteiger partial charge is 0.351 e. The second kappa shape index (κ2) is 10.4. The molecular weight excluding hydrogens is 516 g/mol. The number of aromatic amines is 2. The predicted octanol–water partition coefficient (Wildman–Crippen LogP) is 4.93. The van der Waals surface area contributed by atoms with E-state index < -0.39 is 29.4 Å². The van der Waals surface area contributed by atoms with Gasteiger partial charge in [0, 0.05) is 36.6 Å². The molecule has 9 nitrogen and oxygen atoms in total. The van der Waals surface area contributed by atoms with Crippen molar-refractivity contribution in [1.29, 1.82) is 0 Å². The molecule has 0 aliphatic carbocycles. The summed E-state index contributed by atoms with van der Waals surface area (Å²) in [7, 11) is 0. The van der Waals surface area contributed by atoms with E-state index in [0.29, 0.717) is 28.6 Å². The average molecular weight is 538 g/mol. The molecule has 0 aliphatic heterocycles. The third kappa shape index (κ3) is 4.99. The Hall–Kier alpha value is -5.45. The van der Waals surface area contributed by atoms with Gasteiger partial charge in [-0.15, -0.1) is 0 Å². The van der Waals surface area contributed by atoms with Crippen LogP contribution in [-0.4, -0.2) is 43.3 Å². The van der Waals surface area contributed by atoms with E-state index in [4.69, 9.17) is 0 Å². The number of carbonyl (C=O) groups excluding carboxylic acids is 2. The number of para-hydroxylation sites is 1. The molecule has 2 amide bonds. The third-order valence-electron chi connectivity index (χ3n) is 6.44. The van der Waals surface area contributed by atoms with Crippen LogP contribution in [-0.2, 0) is 4.79 Å². The summed E-state index contributed by atoms with van der Waals surface area (Å²) in [6, 6.07) is 17.7. The Bertz CT molecular complexity index is 1850. The standard InChI is InChI=1S/C29H21F2N7O2/c30-19-10-18(11-20(31)13-19)22(28(40)38-29-32-8-9-33-29)15-35-27(39)21-6-3-7-23-25(21)37-26(36-23)24-12-16-4-1-2-5-17(16)14-34-24/h1-14,22H,15H2,(H,35,39)(H,36,37)(H2,32,33,38,40). The molecule has 3 heterocycles. The van der Waals surface area contributed by atoms with Gasteiger partial charge in [0.2, 0.25) is 11.9 Å². The Kier molecular flexibility index (Phi) is 6.44. The fraction of sp³-hybridized carbons (Fsp3) is 0.0690. The first-order valence-electron chi connectivity index (χ1n) is 12.3. The number of rotatable bonds is 7. The third-order valence-corrected chi connectivity index (χ3v) is 6.44. The van der Waals surface area contributed by atoms with Crippen LogP contribution in [0, 0.1) is 11.6 Å². The second-order valence-electron chi connectivity index (χ2n) is 9.10. The number of pyridine rings is 1. The Balaban J connectivity index is 1.27. The van der Waals surface area contributed by atoms with Crippen LogP contribution in [0.25, 0.3) is 33.3 Å². The van der Waals surface area contributed by atoms with Crippen LogP contribution in [0.15, 0.2) is 85.3 Å². The lowest BCUT2D eigenvalue weighted by Crippen LogP contribution is -2.34. The van der Waals surface area contributed by atoms with E-state index >= 15 is 0 Å². The zero-order valence-electron chi connectivity index (χ0n) is 20.8. The number of imidazole rings is 2. The number of carbonyl (C=O) groups is 2. The van der Waals surface area contributed by atoms with Crippen molar-refractivity contribution in [2.75, 3.05) is 11.9 Å². The maximum atomic E-state index is 14.0. The summed E-state index contributed by atoms with van der Waals surface area (Å²) in [5.41, 5.74) is 1.97. The SMILES string of the molecule is O=C(NCC(C(=O)Nc1ncc[nH]1)c1cc(F)cc(F)c1)c1cccc2[nH]c(-c3cc4ccccc4cn3)nc12. The molecule has 3 aromatic heterocycles. The lowest BCUT2D eigenvalue weighted by Gasteiger charge is -2.18. The number of nitrogens with one attached hydrogen (secondary N) is 4. The van der Waals surface area contributed by atoms with E-state index in [1.807, 2.05) is 30.3 Å². The highest BCUT2D eigenvalue weighted by Gasteiger charge is 2.25. The molecule has 11 heteroatoms. The highest BCUT2D eigenvalue weighted by Crippen LogP contribution is 2.25. The van der Waals surface area contributed by atoms with E-state index in [9.17, 15) is 18.4 Å². The van der Waals surface area contributed by atoms with Gasteiger partial charge in [0.15, 0.2) is 5.82 Å². The van der Waals surface area contributed by atoms with Crippen molar-refractivity contribution in [2.45, 2.75) is 5.92 Å². The first-order valence-corrected chi connectivity index (χ1v) is 12.3. The predicted molar refractivity (Wildman–Crippen MR) is 145 cm³/mol. The summed E-state index contributed by atoms with van der Waals surface area (Å²) in [5.74, 6) is -3.26. The number of hydrogen-bond donors (Lipinski definition) is 4. The fourth-order valence-corrected chi connectivity index (χ4v) is 4.52. The van der Waals surface area contributed by atoms with Gasteiger partial charge >= 0.3 is 0 Å². The first kappa shape index (κ1) is 24.9. The summed E-state index contributed by atoms with van der Waals surface area (Å²) in [4.78, 5) is 45.4. The van der Waals surface area contributed by atoms with Gasteiger partial charge in [-0.1, -0.05) is 30.3 Å². The van der Waals surface area contributed by atoms with Gasteiger partial charge in [-0.25, -0.2) is 18.7 Å². The fourth-order valence-electron chi connectivity index (χ4n) is 4.52. The molecule has 4 N–H and O–H groups in total.